The van der Waals surface area contributed by atoms with Crippen molar-refractivity contribution in [2.75, 3.05) is 33.3 Å². The van der Waals surface area contributed by atoms with Crippen molar-refractivity contribution in [1.82, 2.24) is 0 Å². The topological polar surface area (TPSA) is 107 Å². The molecule has 28 heavy (non-hydrogen) atoms. The fourth-order valence-electron chi connectivity index (χ4n) is 2.46. The van der Waals surface area contributed by atoms with Crippen molar-refractivity contribution in [3.05, 3.63) is 47.5 Å². The minimum absolute atomic E-state index is 0.0755. The highest BCUT2D eigenvalue weighted by atomic mass is 16.5. The molecule has 1 N–H and O–H groups in total. The molecule has 0 fully saturated rings. The summed E-state index contributed by atoms with van der Waals surface area (Å²) in [5, 5.41) is 11.4. The third-order valence-electron chi connectivity index (χ3n) is 3.71. The van der Waals surface area contributed by atoms with Crippen LogP contribution in [0.3, 0.4) is 0 Å². The van der Waals surface area contributed by atoms with Crippen LogP contribution in [0.4, 0.5) is 5.69 Å². The monoisotopic (exact) mass is 384 g/mol. The quantitative estimate of drug-likeness (QED) is 0.696. The molecule has 2 rings (SSSR count). The van der Waals surface area contributed by atoms with Gasteiger partial charge in [0, 0.05) is 5.69 Å². The van der Waals surface area contributed by atoms with E-state index in [1.165, 1.54) is 27.4 Å². The lowest BCUT2D eigenvalue weighted by Gasteiger charge is -2.14. The zero-order chi connectivity index (χ0) is 20.5. The molecule has 0 aliphatic rings. The first kappa shape index (κ1) is 20.6. The van der Waals surface area contributed by atoms with Gasteiger partial charge in [-0.05, 0) is 35.9 Å². The van der Waals surface area contributed by atoms with Gasteiger partial charge < -0.3 is 24.3 Å². The van der Waals surface area contributed by atoms with Crippen LogP contribution in [0.1, 0.15) is 11.1 Å². The van der Waals surface area contributed by atoms with E-state index in [0.29, 0.717) is 34.1 Å². The zero-order valence-corrected chi connectivity index (χ0v) is 15.8. The second-order valence-corrected chi connectivity index (χ2v) is 5.61. The number of nitrogens with zero attached hydrogens (tertiary/aromatic N) is 1. The summed E-state index contributed by atoms with van der Waals surface area (Å²) < 4.78 is 20.7. The summed E-state index contributed by atoms with van der Waals surface area (Å²) in [6.07, 6.45) is -0.0755. The maximum absolute atomic E-state index is 12.1. The highest BCUT2D eigenvalue weighted by molar-refractivity contribution is 5.93. The summed E-state index contributed by atoms with van der Waals surface area (Å²) in [6, 6.07) is 11.7. The average Bonchev–Trinajstić information content (AvgIpc) is 2.71. The highest BCUT2D eigenvalue weighted by Crippen LogP contribution is 2.38. The second-order valence-electron chi connectivity index (χ2n) is 5.61. The Balaban J connectivity index is 1.95. The van der Waals surface area contributed by atoms with Gasteiger partial charge in [0.15, 0.2) is 18.1 Å². The van der Waals surface area contributed by atoms with Crippen molar-refractivity contribution in [3.63, 3.8) is 0 Å². The Kier molecular flexibility index (Phi) is 7.22. The van der Waals surface area contributed by atoms with Crippen molar-refractivity contribution in [3.8, 4) is 23.3 Å². The first-order chi connectivity index (χ1) is 13.5. The maximum Gasteiger partial charge on any atom is 0.310 e. The van der Waals surface area contributed by atoms with Crippen LogP contribution in [-0.4, -0.2) is 39.8 Å². The summed E-state index contributed by atoms with van der Waals surface area (Å²) in [4.78, 5) is 24.0. The van der Waals surface area contributed by atoms with Crippen LogP contribution in [0.15, 0.2) is 36.4 Å². The lowest BCUT2D eigenvalue weighted by atomic mass is 10.1. The number of esters is 1. The molecule has 0 bridgehead atoms. The Morgan fingerprint density at radius 2 is 1.71 bits per heavy atom. The molecule has 146 valence electrons. The van der Waals surface area contributed by atoms with Gasteiger partial charge in [0.2, 0.25) is 5.75 Å². The van der Waals surface area contributed by atoms with E-state index in [9.17, 15) is 9.59 Å². The van der Waals surface area contributed by atoms with Crippen LogP contribution in [0.2, 0.25) is 0 Å². The molecular formula is C20H20N2O6. The van der Waals surface area contributed by atoms with Crippen molar-refractivity contribution in [1.29, 1.82) is 5.26 Å². The third-order valence-corrected chi connectivity index (χ3v) is 3.71. The molecule has 0 unspecified atom stereocenters. The van der Waals surface area contributed by atoms with E-state index in [4.69, 9.17) is 24.2 Å². The minimum atomic E-state index is -0.588. The molecule has 0 aliphatic heterocycles. The molecule has 1 amide bonds. The van der Waals surface area contributed by atoms with Crippen LogP contribution < -0.4 is 19.5 Å². The summed E-state index contributed by atoms with van der Waals surface area (Å²) in [7, 11) is 4.44. The van der Waals surface area contributed by atoms with Crippen LogP contribution in [0.25, 0.3) is 0 Å². The molecule has 2 aromatic rings. The SMILES string of the molecule is COc1cc(CC(=O)OCC(=O)Nc2cccc(C#N)c2)cc(OC)c1OC. The number of carbonyl (C=O) groups is 2. The van der Waals surface area contributed by atoms with Crippen LogP contribution in [-0.2, 0) is 20.7 Å². The van der Waals surface area contributed by atoms with Gasteiger partial charge in [0.25, 0.3) is 5.91 Å². The van der Waals surface area contributed by atoms with Crippen LogP contribution in [0.5, 0.6) is 17.2 Å². The molecular weight excluding hydrogens is 364 g/mol. The van der Waals surface area contributed by atoms with E-state index >= 15 is 0 Å². The number of benzene rings is 2. The fourth-order valence-corrected chi connectivity index (χ4v) is 2.46. The average molecular weight is 384 g/mol. The van der Waals surface area contributed by atoms with Gasteiger partial charge in [0.05, 0.1) is 39.4 Å². The number of hydrogen-bond acceptors (Lipinski definition) is 7. The minimum Gasteiger partial charge on any atom is -0.493 e. The van der Waals surface area contributed by atoms with Gasteiger partial charge in [-0.1, -0.05) is 6.07 Å². The number of ether oxygens (including phenoxy) is 4. The first-order valence-electron chi connectivity index (χ1n) is 8.25. The van der Waals surface area contributed by atoms with Crippen molar-refractivity contribution < 1.29 is 28.5 Å². The molecule has 8 heteroatoms. The molecule has 0 spiro atoms. The number of amides is 1. The number of carbonyl (C=O) groups excluding carboxylic acids is 2. The smallest absolute Gasteiger partial charge is 0.310 e. The molecule has 0 aromatic heterocycles. The summed E-state index contributed by atoms with van der Waals surface area (Å²) >= 11 is 0. The van der Waals surface area contributed by atoms with E-state index in [1.54, 1.807) is 30.3 Å². The lowest BCUT2D eigenvalue weighted by molar-refractivity contribution is -0.146. The second kappa shape index (κ2) is 9.83. The van der Waals surface area contributed by atoms with Crippen LogP contribution >= 0.6 is 0 Å². The number of nitrogens with one attached hydrogen (secondary N) is 1. The molecule has 8 nitrogen and oxygen atoms in total. The number of anilines is 1. The Bertz CT molecular complexity index is 879. The molecule has 0 aliphatic carbocycles. The van der Waals surface area contributed by atoms with E-state index in [-0.39, 0.29) is 6.42 Å². The molecule has 0 radical (unpaired) electrons. The molecule has 2 aromatic carbocycles. The van der Waals surface area contributed by atoms with E-state index in [2.05, 4.69) is 5.32 Å². The van der Waals surface area contributed by atoms with Gasteiger partial charge >= 0.3 is 5.97 Å². The molecule has 0 saturated heterocycles. The van der Waals surface area contributed by atoms with Crippen molar-refractivity contribution in [2.45, 2.75) is 6.42 Å². The van der Waals surface area contributed by atoms with E-state index in [0.717, 1.165) is 0 Å². The predicted molar refractivity (Wildman–Crippen MR) is 101 cm³/mol. The van der Waals surface area contributed by atoms with Crippen molar-refractivity contribution in [2.24, 2.45) is 0 Å². The Hall–Kier alpha value is -3.73. The predicted octanol–water partition coefficient (Wildman–Crippen LogP) is 2.31. The van der Waals surface area contributed by atoms with Crippen molar-refractivity contribution >= 4 is 17.6 Å². The Morgan fingerprint density at radius 1 is 1.04 bits per heavy atom. The fraction of sp³-hybridized carbons (Fsp3) is 0.250. The largest absolute Gasteiger partial charge is 0.493 e. The van der Waals surface area contributed by atoms with Gasteiger partial charge in [-0.2, -0.15) is 5.26 Å². The van der Waals surface area contributed by atoms with Crippen LogP contribution in [0, 0.1) is 11.3 Å². The lowest BCUT2D eigenvalue weighted by Crippen LogP contribution is -2.21. The van der Waals surface area contributed by atoms with Gasteiger partial charge in [-0.15, -0.1) is 0 Å². The summed E-state index contributed by atoms with van der Waals surface area (Å²) in [5.74, 6) is 0.157. The zero-order valence-electron chi connectivity index (χ0n) is 15.8. The highest BCUT2D eigenvalue weighted by Gasteiger charge is 2.16. The summed E-state index contributed by atoms with van der Waals surface area (Å²) in [5.41, 5.74) is 1.45. The van der Waals surface area contributed by atoms with E-state index in [1.807, 2.05) is 6.07 Å². The molecule has 0 heterocycles. The summed E-state index contributed by atoms with van der Waals surface area (Å²) in [6.45, 7) is -0.444. The number of hydrogen-bond donors (Lipinski definition) is 1. The van der Waals surface area contributed by atoms with Gasteiger partial charge in [-0.25, -0.2) is 0 Å². The number of methoxy groups -OCH3 is 3. The number of rotatable bonds is 8. The first-order valence-corrected chi connectivity index (χ1v) is 8.25. The third kappa shape index (κ3) is 5.38. The van der Waals surface area contributed by atoms with Gasteiger partial charge in [0.1, 0.15) is 0 Å². The normalized spacial score (nSPS) is 9.79. The molecule has 0 atom stereocenters. The Labute approximate surface area is 162 Å². The van der Waals surface area contributed by atoms with E-state index < -0.39 is 18.5 Å². The Morgan fingerprint density at radius 3 is 2.29 bits per heavy atom. The maximum atomic E-state index is 12.1. The van der Waals surface area contributed by atoms with Gasteiger partial charge in [-0.3, -0.25) is 9.59 Å². The standard InChI is InChI=1S/C20H20N2O6/c1-25-16-8-14(9-17(26-2)20(16)27-3)10-19(24)28-12-18(23)22-15-6-4-5-13(7-15)11-21/h4-9H,10,12H2,1-3H3,(H,22,23). The number of nitriles is 1. The molecule has 0 saturated carbocycles.